The molecule has 0 aromatic heterocycles. The Hall–Kier alpha value is 0.0303. The molecule has 1 radical (unpaired) electrons. The van der Waals surface area contributed by atoms with E-state index >= 15 is 0 Å². The topological polar surface area (TPSA) is 24.6 Å². The first-order valence-electron chi connectivity index (χ1n) is 0.424. The molecule has 0 aliphatic rings. The summed E-state index contributed by atoms with van der Waals surface area (Å²) in [5.74, 6) is 0. The molecule has 0 heterocycles. The van der Waals surface area contributed by atoms with Gasteiger partial charge in [-0.25, -0.2) is 5.21 Å². The molecule has 0 aliphatic carbocycles. The fourth-order valence-electron chi connectivity index (χ4n) is 0. The van der Waals surface area contributed by atoms with Gasteiger partial charge in [-0.2, -0.15) is 6.57 Å². The van der Waals surface area contributed by atoms with Crippen LogP contribution >= 0.6 is 0 Å². The average Bonchev–Trinajstić information content (AvgIpc) is 0.918. The molecule has 0 aliphatic heterocycles. The molecule has 3 heteroatoms. The molecule has 0 atom stereocenters. The van der Waals surface area contributed by atoms with Gasteiger partial charge >= 0.3 is 0 Å². The summed E-state index contributed by atoms with van der Waals surface area (Å²) in [5, 5.41) is 8.61. The third-order valence-electron chi connectivity index (χ3n) is 0. The van der Waals surface area contributed by atoms with Gasteiger partial charge in [0.15, 0.2) is 0 Å². The van der Waals surface area contributed by atoms with Crippen molar-refractivity contribution >= 4 is 0 Å². The molecule has 0 saturated heterocycles. The van der Waals surface area contributed by atoms with Gasteiger partial charge in [0.1, 0.15) is 0 Å². The first-order valence-corrected chi connectivity index (χ1v) is 0.424. The molecule has 0 rings (SSSR count). The van der Waals surface area contributed by atoms with Crippen LogP contribution in [0.4, 0.5) is 0 Å². The van der Waals surface area contributed by atoms with Crippen molar-refractivity contribution in [3.05, 3.63) is 11.6 Å². The zero-order chi connectivity index (χ0) is 2.71. The maximum atomic E-state index is 6.86. The number of hydrogen-bond acceptors (Lipinski definition) is 1. The van der Waals surface area contributed by atoms with Crippen molar-refractivity contribution in [2.75, 3.05) is 0 Å². The summed E-state index contributed by atoms with van der Waals surface area (Å²) in [4.78, 5) is 0. The molecular formula is CHAuNO. The molecule has 0 spiro atoms. The van der Waals surface area contributed by atoms with Crippen molar-refractivity contribution in [2.24, 2.45) is 0 Å². The summed E-state index contributed by atoms with van der Waals surface area (Å²) in [6.45, 7) is 5.39. The van der Waals surface area contributed by atoms with Crippen LogP contribution in [0.1, 0.15) is 0 Å². The van der Waals surface area contributed by atoms with Crippen LogP contribution in [0.2, 0.25) is 0 Å². The second-order valence-electron chi connectivity index (χ2n) is 0.100. The van der Waals surface area contributed by atoms with Crippen molar-refractivity contribution in [3.63, 3.8) is 0 Å². The monoisotopic (exact) mass is 240 g/mol. The minimum absolute atomic E-state index is 0. The second kappa shape index (κ2) is 11.8. The maximum absolute atomic E-state index is 6.86. The number of rotatable bonds is 0. The molecule has 2 nitrogen and oxygen atoms in total. The summed E-state index contributed by atoms with van der Waals surface area (Å²) in [6, 6.07) is 0. The average molecular weight is 240 g/mol. The zero-order valence-corrected chi connectivity index (χ0v) is 3.86. The first kappa shape index (κ1) is 8.98. The fraction of sp³-hybridized carbons (Fsp3) is 0. The van der Waals surface area contributed by atoms with Gasteiger partial charge in [0.2, 0.25) is 0 Å². The Morgan fingerprint density at radius 1 is 1.75 bits per heavy atom. The zero-order valence-electron chi connectivity index (χ0n) is 1.70. The summed E-state index contributed by atoms with van der Waals surface area (Å²) >= 11 is 0. The van der Waals surface area contributed by atoms with E-state index in [2.05, 4.69) is 0 Å². The summed E-state index contributed by atoms with van der Waals surface area (Å²) in [7, 11) is 0. The van der Waals surface area contributed by atoms with Gasteiger partial charge in [0.25, 0.3) is 0 Å². The van der Waals surface area contributed by atoms with E-state index in [1.807, 2.05) is 0 Å². The Bertz CT molecular complexity index is 29.5. The smallest absolute Gasteiger partial charge is 0 e. The molecule has 4 heavy (non-hydrogen) atoms. The van der Waals surface area contributed by atoms with E-state index in [1.165, 1.54) is 0 Å². The third-order valence-corrected chi connectivity index (χ3v) is 0. The predicted molar refractivity (Wildman–Crippen MR) is 8.39 cm³/mol. The second-order valence-corrected chi connectivity index (χ2v) is 0.100. The van der Waals surface area contributed by atoms with Crippen LogP contribution in [0.15, 0.2) is 0 Å². The van der Waals surface area contributed by atoms with E-state index < -0.39 is 0 Å². The first-order chi connectivity index (χ1) is 1.41. The molecule has 0 amide bonds. The van der Waals surface area contributed by atoms with Crippen LogP contribution in [0, 0.1) is 6.57 Å². The van der Waals surface area contributed by atoms with Gasteiger partial charge in [-0.3, -0.25) is 0 Å². The molecule has 0 aromatic rings. The largest absolute Gasteiger partial charge is 0.213 e. The van der Waals surface area contributed by atoms with E-state index in [9.17, 15) is 0 Å². The molecule has 0 aromatic carbocycles. The fourth-order valence-corrected chi connectivity index (χ4v) is 0. The Morgan fingerprint density at radius 2 is 1.75 bits per heavy atom. The van der Waals surface area contributed by atoms with E-state index in [0.717, 1.165) is 0 Å². The van der Waals surface area contributed by atoms with Gasteiger partial charge in [-0.15, -0.1) is 0 Å². The summed E-state index contributed by atoms with van der Waals surface area (Å²) in [6.07, 6.45) is 0. The van der Waals surface area contributed by atoms with E-state index in [1.54, 1.807) is 5.01 Å². The predicted octanol–water partition coefficient (Wildman–Crippen LogP) is 0.292. The Morgan fingerprint density at radius 3 is 1.75 bits per heavy atom. The molecule has 1 N–H and O–H groups in total. The molecule has 0 bridgehead atoms. The van der Waals surface area contributed by atoms with E-state index in [-0.39, 0.29) is 22.4 Å². The quantitative estimate of drug-likeness (QED) is 0.367. The van der Waals surface area contributed by atoms with E-state index in [0.29, 0.717) is 0 Å². The van der Waals surface area contributed by atoms with Gasteiger partial charge in [0.05, 0.1) is 0 Å². The Balaban J connectivity index is 0. The van der Waals surface area contributed by atoms with Crippen molar-refractivity contribution < 1.29 is 27.6 Å². The SMILES string of the molecule is [Au].[C-]#[N+]O. The van der Waals surface area contributed by atoms with Crippen LogP contribution in [0.25, 0.3) is 5.01 Å². The normalized spacial score (nSPS) is 1.75. The van der Waals surface area contributed by atoms with Crippen LogP contribution in [0.3, 0.4) is 0 Å². The van der Waals surface area contributed by atoms with E-state index in [4.69, 9.17) is 11.8 Å². The van der Waals surface area contributed by atoms with Gasteiger partial charge in [0, 0.05) is 22.4 Å². The van der Waals surface area contributed by atoms with Crippen molar-refractivity contribution in [3.8, 4) is 0 Å². The third kappa shape index (κ3) is 2350. The molecule has 0 saturated carbocycles. The number of hydrogen-bond donors (Lipinski definition) is 1. The minimum atomic E-state index is 0. The van der Waals surface area contributed by atoms with Gasteiger partial charge in [-0.1, -0.05) is 0 Å². The minimum Gasteiger partial charge on any atom is -0.213 e. The standard InChI is InChI=1S/CHNO.Au/c1-2-3;/h3H;. The van der Waals surface area contributed by atoms with Crippen LogP contribution in [-0.2, 0) is 22.4 Å². The summed E-state index contributed by atoms with van der Waals surface area (Å²) in [5.41, 5.74) is 0. The van der Waals surface area contributed by atoms with Crippen LogP contribution < -0.4 is 0 Å². The Labute approximate surface area is 39.7 Å². The molecular weight excluding hydrogens is 239 g/mol. The maximum Gasteiger partial charge on any atom is 0 e. The van der Waals surface area contributed by atoms with Crippen molar-refractivity contribution in [1.29, 1.82) is 0 Å². The van der Waals surface area contributed by atoms with Crippen molar-refractivity contribution in [1.82, 2.24) is 0 Å². The van der Waals surface area contributed by atoms with Crippen molar-refractivity contribution in [2.45, 2.75) is 0 Å². The Kier molecular flexibility index (Phi) is 26.4. The van der Waals surface area contributed by atoms with Crippen LogP contribution in [0.5, 0.6) is 0 Å². The number of nitrogens with zero attached hydrogens (tertiary/aromatic N) is 1. The van der Waals surface area contributed by atoms with Gasteiger partial charge in [-0.05, 0) is 5.01 Å². The molecule has 0 unspecified atom stereocenters. The van der Waals surface area contributed by atoms with Crippen LogP contribution in [-0.4, -0.2) is 5.21 Å². The molecule has 0 fully saturated rings. The summed E-state index contributed by atoms with van der Waals surface area (Å²) < 4.78 is 0. The molecule has 27 valence electrons. The van der Waals surface area contributed by atoms with Gasteiger partial charge < -0.3 is 0 Å².